The number of nitro benzene ring substituents is 1. The van der Waals surface area contributed by atoms with E-state index in [9.17, 15) is 38.9 Å². The van der Waals surface area contributed by atoms with Crippen molar-refractivity contribution in [3.8, 4) is 0 Å². The van der Waals surface area contributed by atoms with Crippen LogP contribution in [0.2, 0.25) is 0 Å². The molecule has 0 saturated carbocycles. The summed E-state index contributed by atoms with van der Waals surface area (Å²) in [6, 6.07) is 73.5. The van der Waals surface area contributed by atoms with E-state index in [1.165, 1.54) is 24.3 Å². The highest BCUT2D eigenvalue weighted by Crippen LogP contribution is 2.28. The Morgan fingerprint density at radius 1 is 0.316 bits per heavy atom. The fourth-order valence-electron chi connectivity index (χ4n) is 7.37. The van der Waals surface area contributed by atoms with Crippen molar-refractivity contribution in [3.63, 3.8) is 0 Å². The van der Waals surface area contributed by atoms with Gasteiger partial charge in [-0.05, 0) is 48.5 Å². The number of nitro groups is 1. The molecular formula is C63H46BrNO11. The lowest BCUT2D eigenvalue weighted by Crippen LogP contribution is -2.20. The molecule has 0 heterocycles. The van der Waals surface area contributed by atoms with Gasteiger partial charge in [-0.15, -0.1) is 0 Å². The molecule has 9 aromatic rings. The maximum atomic E-state index is 12.9. The largest absolute Gasteiger partial charge is 0.445 e. The van der Waals surface area contributed by atoms with Crippen molar-refractivity contribution in [3.05, 3.63) is 326 Å². The zero-order valence-electron chi connectivity index (χ0n) is 40.4. The van der Waals surface area contributed by atoms with Gasteiger partial charge in [-0.2, -0.15) is 0 Å². The third-order valence-electron chi connectivity index (χ3n) is 11.3. The second kappa shape index (κ2) is 27.4. The molecule has 9 aromatic carbocycles. The second-order valence-corrected chi connectivity index (χ2v) is 17.4. The van der Waals surface area contributed by atoms with E-state index in [0.717, 1.165) is 4.47 Å². The third-order valence-corrected chi connectivity index (χ3v) is 11.8. The van der Waals surface area contributed by atoms with Crippen LogP contribution in [0.15, 0.2) is 265 Å². The van der Waals surface area contributed by atoms with Crippen LogP contribution in [0.3, 0.4) is 0 Å². The number of nitrogens with zero attached hydrogens (tertiary/aromatic N) is 1. The van der Waals surface area contributed by atoms with E-state index in [-0.39, 0.29) is 28.6 Å². The Balaban J connectivity index is 0.000000166. The first kappa shape index (κ1) is 54.1. The maximum absolute atomic E-state index is 12.9. The van der Waals surface area contributed by atoms with Crippen molar-refractivity contribution in [2.75, 3.05) is 0 Å². The normalized spacial score (nSPS) is 11.5. The lowest BCUT2D eigenvalue weighted by atomic mass is 10.00. The summed E-state index contributed by atoms with van der Waals surface area (Å²) in [5, 5.41) is 10.7. The SMILES string of the molecule is O=C(OC(C(=O)c1ccccc1)c1ccccc1)c1ccc(Br)cc1.O=C(OC(C(=O)c1ccccc1)c1ccccc1)c1ccc([N+](=O)[O-])cc1.O=C(OC(C(=O)c1ccccc1)c1ccccc1)c1ccccc1. The average molecular weight is 1070 g/mol. The number of esters is 3. The highest BCUT2D eigenvalue weighted by Gasteiger charge is 2.29. The van der Waals surface area contributed by atoms with Crippen LogP contribution in [0.25, 0.3) is 0 Å². The van der Waals surface area contributed by atoms with Gasteiger partial charge in [0.2, 0.25) is 17.3 Å². The molecule has 0 aliphatic rings. The van der Waals surface area contributed by atoms with Crippen LogP contribution in [-0.2, 0) is 14.2 Å². The van der Waals surface area contributed by atoms with Gasteiger partial charge in [0.15, 0.2) is 18.3 Å². The molecule has 0 radical (unpaired) electrons. The number of ether oxygens (including phenoxy) is 3. The quantitative estimate of drug-likeness (QED) is 0.0296. The van der Waals surface area contributed by atoms with Crippen molar-refractivity contribution >= 4 is 56.9 Å². The van der Waals surface area contributed by atoms with E-state index < -0.39 is 41.1 Å². The minimum absolute atomic E-state index is 0.127. The number of hydrogen-bond donors (Lipinski definition) is 0. The summed E-state index contributed by atoms with van der Waals surface area (Å²) >= 11 is 3.33. The zero-order chi connectivity index (χ0) is 53.7. The van der Waals surface area contributed by atoms with Crippen LogP contribution in [0.5, 0.6) is 0 Å². The first-order chi connectivity index (χ1) is 37.0. The van der Waals surface area contributed by atoms with E-state index in [0.29, 0.717) is 44.5 Å². The lowest BCUT2D eigenvalue weighted by Gasteiger charge is -2.17. The third kappa shape index (κ3) is 15.2. The van der Waals surface area contributed by atoms with Gasteiger partial charge in [0, 0.05) is 50.0 Å². The molecule has 76 heavy (non-hydrogen) atoms. The van der Waals surface area contributed by atoms with Crippen LogP contribution in [0, 0.1) is 10.1 Å². The standard InChI is InChI=1S/C21H15BrO3.C21H15NO5.C21H16O3/c22-18-13-11-17(12-14-18)21(24)25-20(16-9-5-2-6-10-16)19(23)15-7-3-1-4-8-15;23-19(15-7-3-1-4-8-15)20(16-9-5-2-6-10-16)27-21(24)17-11-13-18(14-12-17)22(25)26;22-19(16-10-4-1-5-11-16)20(17-12-6-2-7-13-17)24-21(23)18-14-8-3-9-15-18/h1-14,20H;1-14,20H;1-15,20H. The summed E-state index contributed by atoms with van der Waals surface area (Å²) < 4.78 is 17.5. The number of halogens is 1. The Bertz CT molecular complexity index is 3350. The van der Waals surface area contributed by atoms with E-state index in [1.807, 2.05) is 54.6 Å². The maximum Gasteiger partial charge on any atom is 0.339 e. The second-order valence-electron chi connectivity index (χ2n) is 16.5. The average Bonchev–Trinajstić information content (AvgIpc) is 3.49. The molecule has 3 atom stereocenters. The van der Waals surface area contributed by atoms with Crippen molar-refractivity contribution in [2.45, 2.75) is 18.3 Å². The topological polar surface area (TPSA) is 173 Å². The van der Waals surface area contributed by atoms with Crippen LogP contribution < -0.4 is 0 Å². The van der Waals surface area contributed by atoms with Gasteiger partial charge in [0.1, 0.15) is 0 Å². The number of ketones is 3. The van der Waals surface area contributed by atoms with E-state index in [4.69, 9.17) is 14.2 Å². The molecule has 0 aromatic heterocycles. The summed E-state index contributed by atoms with van der Waals surface area (Å²) in [5.41, 5.74) is 4.06. The Hall–Kier alpha value is -9.72. The first-order valence-electron chi connectivity index (χ1n) is 23.6. The van der Waals surface area contributed by atoms with Gasteiger partial charge in [-0.3, -0.25) is 24.5 Å². The van der Waals surface area contributed by atoms with Gasteiger partial charge < -0.3 is 14.2 Å². The minimum atomic E-state index is -1.11. The lowest BCUT2D eigenvalue weighted by molar-refractivity contribution is -0.384. The Morgan fingerprint density at radius 2 is 0.539 bits per heavy atom. The zero-order valence-corrected chi connectivity index (χ0v) is 42.0. The highest BCUT2D eigenvalue weighted by atomic mass is 79.9. The highest BCUT2D eigenvalue weighted by molar-refractivity contribution is 9.10. The molecule has 9 rings (SSSR count). The van der Waals surface area contributed by atoms with Crippen LogP contribution >= 0.6 is 15.9 Å². The molecule has 12 nitrogen and oxygen atoms in total. The molecule has 3 unspecified atom stereocenters. The van der Waals surface area contributed by atoms with Gasteiger partial charge in [0.05, 0.1) is 21.6 Å². The van der Waals surface area contributed by atoms with Gasteiger partial charge in [0.25, 0.3) is 5.69 Å². The number of Topliss-reactive ketones (excluding diaryl/α,β-unsaturated/α-hetero) is 3. The molecule has 0 aliphatic heterocycles. The predicted octanol–water partition coefficient (Wildman–Crippen LogP) is 14.1. The predicted molar refractivity (Wildman–Crippen MR) is 290 cm³/mol. The number of carbonyl (C=O) groups is 6. The molecule has 0 fully saturated rings. The van der Waals surface area contributed by atoms with Crippen molar-refractivity contribution in [1.82, 2.24) is 0 Å². The molecule has 0 N–H and O–H groups in total. The van der Waals surface area contributed by atoms with E-state index in [2.05, 4.69) is 15.9 Å². The van der Waals surface area contributed by atoms with E-state index in [1.54, 1.807) is 182 Å². The summed E-state index contributed by atoms with van der Waals surface area (Å²) in [6.45, 7) is 0. The van der Waals surface area contributed by atoms with Crippen LogP contribution in [-0.4, -0.2) is 40.2 Å². The van der Waals surface area contributed by atoms with Crippen LogP contribution in [0.4, 0.5) is 5.69 Å². The summed E-state index contributed by atoms with van der Waals surface area (Å²) in [7, 11) is 0. The Labute approximate surface area is 446 Å². The number of rotatable bonds is 16. The summed E-state index contributed by atoms with van der Waals surface area (Å²) in [6.07, 6.45) is -3.07. The molecule has 0 amide bonds. The van der Waals surface area contributed by atoms with Gasteiger partial charge >= 0.3 is 17.9 Å². The fourth-order valence-corrected chi connectivity index (χ4v) is 7.63. The molecule has 376 valence electrons. The number of hydrogen-bond acceptors (Lipinski definition) is 11. The molecule has 0 bridgehead atoms. The van der Waals surface area contributed by atoms with Gasteiger partial charge in [-0.25, -0.2) is 14.4 Å². The molecule has 0 aliphatic carbocycles. The monoisotopic (exact) mass is 1070 g/mol. The number of carbonyl (C=O) groups excluding carboxylic acids is 6. The molecular weight excluding hydrogens is 1030 g/mol. The molecule has 0 spiro atoms. The van der Waals surface area contributed by atoms with Crippen molar-refractivity contribution < 1.29 is 47.9 Å². The van der Waals surface area contributed by atoms with E-state index >= 15 is 0 Å². The smallest absolute Gasteiger partial charge is 0.339 e. The fraction of sp³-hybridized carbons (Fsp3) is 0.0476. The first-order valence-corrected chi connectivity index (χ1v) is 24.4. The molecule has 0 saturated heterocycles. The van der Waals surface area contributed by atoms with Crippen molar-refractivity contribution in [2.24, 2.45) is 0 Å². The summed E-state index contributed by atoms with van der Waals surface area (Å²) in [5.74, 6) is -2.64. The number of benzene rings is 9. The number of non-ortho nitro benzene ring substituents is 1. The van der Waals surface area contributed by atoms with Crippen LogP contribution in [0.1, 0.15) is 97.2 Å². The Morgan fingerprint density at radius 3 is 0.803 bits per heavy atom. The van der Waals surface area contributed by atoms with Crippen molar-refractivity contribution in [1.29, 1.82) is 0 Å². The van der Waals surface area contributed by atoms with Gasteiger partial charge in [-0.1, -0.05) is 216 Å². The minimum Gasteiger partial charge on any atom is -0.445 e. The molecule has 13 heteroatoms. The Kier molecular flexibility index (Phi) is 19.5. The summed E-state index contributed by atoms with van der Waals surface area (Å²) in [4.78, 5) is 86.2.